The molecule has 1 saturated heterocycles. The van der Waals surface area contributed by atoms with Gasteiger partial charge in [0.05, 0.1) is 19.8 Å². The number of aryl methyl sites for hydroxylation is 1. The van der Waals surface area contributed by atoms with E-state index < -0.39 is 0 Å². The molecule has 0 radical (unpaired) electrons. The highest BCUT2D eigenvalue weighted by Crippen LogP contribution is 2.20. The van der Waals surface area contributed by atoms with Crippen LogP contribution in [-0.4, -0.2) is 50.4 Å². The highest BCUT2D eigenvalue weighted by molar-refractivity contribution is 6.31. The van der Waals surface area contributed by atoms with Crippen LogP contribution in [-0.2, 0) is 4.74 Å². The van der Waals surface area contributed by atoms with Gasteiger partial charge in [0.2, 0.25) is 0 Å². The molecule has 20 heavy (non-hydrogen) atoms. The molecule has 2 rings (SSSR count). The number of nitrogens with zero attached hydrogens (tertiary/aromatic N) is 1. The number of morpholine rings is 1. The Labute approximate surface area is 123 Å². The molecule has 5 nitrogen and oxygen atoms in total. The van der Waals surface area contributed by atoms with Gasteiger partial charge in [-0.1, -0.05) is 11.6 Å². The van der Waals surface area contributed by atoms with E-state index in [9.17, 15) is 4.79 Å². The zero-order chi connectivity index (χ0) is 14.4. The molecule has 0 aliphatic carbocycles. The van der Waals surface area contributed by atoms with E-state index in [1.165, 1.54) is 0 Å². The molecule has 0 bridgehead atoms. The number of hydrogen-bond donors (Lipinski definition) is 1. The molecule has 0 unspecified atom stereocenters. The van der Waals surface area contributed by atoms with Gasteiger partial charge in [-0.25, -0.2) is 4.79 Å². The predicted molar refractivity (Wildman–Crippen MR) is 77.5 cm³/mol. The molecular formula is C14H19ClN2O3. The number of nitrogens with one attached hydrogen (secondary N) is 1. The second-order valence-corrected chi connectivity index (χ2v) is 5.00. The van der Waals surface area contributed by atoms with Crippen LogP contribution < -0.4 is 10.1 Å². The minimum Gasteiger partial charge on any atom is -0.492 e. The maximum absolute atomic E-state index is 11.8. The average Bonchev–Trinajstić information content (AvgIpc) is 2.48. The summed E-state index contributed by atoms with van der Waals surface area (Å²) < 4.78 is 10.8. The molecule has 1 heterocycles. The van der Waals surface area contributed by atoms with Crippen molar-refractivity contribution < 1.29 is 14.3 Å². The third-order valence-electron chi connectivity index (χ3n) is 3.07. The van der Waals surface area contributed by atoms with Crippen molar-refractivity contribution in [2.45, 2.75) is 6.92 Å². The molecule has 1 aliphatic heterocycles. The lowest BCUT2D eigenvalue weighted by molar-refractivity contribution is 0.0530. The summed E-state index contributed by atoms with van der Waals surface area (Å²) in [6.45, 7) is 5.32. The van der Waals surface area contributed by atoms with Gasteiger partial charge in [-0.15, -0.1) is 0 Å². The number of benzene rings is 1. The zero-order valence-electron chi connectivity index (χ0n) is 11.5. The molecule has 1 aromatic carbocycles. The van der Waals surface area contributed by atoms with Crippen LogP contribution in [0.1, 0.15) is 5.56 Å². The Balaban J connectivity index is 1.68. The van der Waals surface area contributed by atoms with E-state index in [1.54, 1.807) is 11.0 Å². The van der Waals surface area contributed by atoms with E-state index in [2.05, 4.69) is 5.32 Å². The number of ether oxygens (including phenoxy) is 2. The molecular weight excluding hydrogens is 280 g/mol. The number of carbonyl (C=O) groups excluding carboxylic acids is 1. The fourth-order valence-corrected chi connectivity index (χ4v) is 2.03. The fraction of sp³-hybridized carbons (Fsp3) is 0.500. The van der Waals surface area contributed by atoms with E-state index >= 15 is 0 Å². The molecule has 6 heteroatoms. The minimum absolute atomic E-state index is 0.0656. The van der Waals surface area contributed by atoms with Gasteiger partial charge in [0.15, 0.2) is 0 Å². The van der Waals surface area contributed by atoms with Gasteiger partial charge in [-0.05, 0) is 30.7 Å². The molecule has 1 aliphatic rings. The third-order valence-corrected chi connectivity index (χ3v) is 3.50. The lowest BCUT2D eigenvalue weighted by Gasteiger charge is -2.26. The third kappa shape index (κ3) is 4.28. The molecule has 1 fully saturated rings. The molecule has 0 aromatic heterocycles. The van der Waals surface area contributed by atoms with Gasteiger partial charge in [0.1, 0.15) is 12.4 Å². The van der Waals surface area contributed by atoms with Gasteiger partial charge in [0.25, 0.3) is 0 Å². The Bertz CT molecular complexity index is 462. The topological polar surface area (TPSA) is 50.8 Å². The van der Waals surface area contributed by atoms with Crippen LogP contribution >= 0.6 is 11.6 Å². The van der Waals surface area contributed by atoms with Crippen LogP contribution in [0, 0.1) is 6.92 Å². The van der Waals surface area contributed by atoms with Crippen molar-refractivity contribution in [2.24, 2.45) is 0 Å². The first-order valence-corrected chi connectivity index (χ1v) is 7.04. The Kier molecular flexibility index (Phi) is 5.49. The number of carbonyl (C=O) groups is 1. The Morgan fingerprint density at radius 1 is 1.45 bits per heavy atom. The molecule has 0 saturated carbocycles. The van der Waals surface area contributed by atoms with Crippen LogP contribution in [0.25, 0.3) is 0 Å². The predicted octanol–water partition coefficient (Wildman–Crippen LogP) is 2.07. The summed E-state index contributed by atoms with van der Waals surface area (Å²) >= 11 is 5.94. The lowest BCUT2D eigenvalue weighted by Crippen LogP contribution is -2.47. The van der Waals surface area contributed by atoms with E-state index in [0.29, 0.717) is 39.5 Å². The Hall–Kier alpha value is -1.46. The van der Waals surface area contributed by atoms with Crippen molar-refractivity contribution in [1.82, 2.24) is 10.2 Å². The fourth-order valence-electron chi connectivity index (χ4n) is 1.91. The first-order chi connectivity index (χ1) is 9.66. The SMILES string of the molecule is Cc1cc(OCCNC(=O)N2CCOCC2)ccc1Cl. The van der Waals surface area contributed by atoms with Crippen LogP contribution in [0.5, 0.6) is 5.75 Å². The Morgan fingerprint density at radius 3 is 2.90 bits per heavy atom. The van der Waals surface area contributed by atoms with Crippen LogP contribution in [0.15, 0.2) is 18.2 Å². The summed E-state index contributed by atoms with van der Waals surface area (Å²) in [5, 5.41) is 3.55. The van der Waals surface area contributed by atoms with Crippen molar-refractivity contribution in [3.05, 3.63) is 28.8 Å². The molecule has 110 valence electrons. The van der Waals surface area contributed by atoms with Crippen molar-refractivity contribution in [1.29, 1.82) is 0 Å². The van der Waals surface area contributed by atoms with Gasteiger partial charge in [-0.2, -0.15) is 0 Å². The van der Waals surface area contributed by atoms with E-state index in [0.717, 1.165) is 16.3 Å². The van der Waals surface area contributed by atoms with Gasteiger partial charge in [0, 0.05) is 18.1 Å². The molecule has 1 aromatic rings. The Morgan fingerprint density at radius 2 is 2.20 bits per heavy atom. The van der Waals surface area contributed by atoms with E-state index in [-0.39, 0.29) is 6.03 Å². The molecule has 0 atom stereocenters. The summed E-state index contributed by atoms with van der Waals surface area (Å²) in [4.78, 5) is 13.5. The normalized spacial score (nSPS) is 15.0. The summed E-state index contributed by atoms with van der Waals surface area (Å²) in [7, 11) is 0. The molecule has 2 amide bonds. The average molecular weight is 299 g/mol. The molecule has 0 spiro atoms. The minimum atomic E-state index is -0.0656. The maximum atomic E-state index is 11.8. The highest BCUT2D eigenvalue weighted by Gasteiger charge is 2.15. The largest absolute Gasteiger partial charge is 0.492 e. The lowest BCUT2D eigenvalue weighted by atomic mass is 10.2. The quantitative estimate of drug-likeness (QED) is 0.866. The summed E-state index contributed by atoms with van der Waals surface area (Å²) in [6.07, 6.45) is 0. The summed E-state index contributed by atoms with van der Waals surface area (Å²) in [6, 6.07) is 5.44. The van der Waals surface area contributed by atoms with Gasteiger partial charge in [-0.3, -0.25) is 0 Å². The first-order valence-electron chi connectivity index (χ1n) is 6.66. The number of halogens is 1. The van der Waals surface area contributed by atoms with Crippen molar-refractivity contribution in [3.63, 3.8) is 0 Å². The summed E-state index contributed by atoms with van der Waals surface area (Å²) in [5.74, 6) is 0.757. The smallest absolute Gasteiger partial charge is 0.317 e. The monoisotopic (exact) mass is 298 g/mol. The van der Waals surface area contributed by atoms with Crippen molar-refractivity contribution >= 4 is 17.6 Å². The number of urea groups is 1. The van der Waals surface area contributed by atoms with Gasteiger partial charge >= 0.3 is 6.03 Å². The number of rotatable bonds is 4. The second kappa shape index (κ2) is 7.36. The van der Waals surface area contributed by atoms with Crippen molar-refractivity contribution in [2.75, 3.05) is 39.5 Å². The number of hydrogen-bond acceptors (Lipinski definition) is 3. The molecule has 1 N–H and O–H groups in total. The standard InChI is InChI=1S/C14H19ClN2O3/c1-11-10-12(2-3-13(11)15)20-7-4-16-14(18)17-5-8-19-9-6-17/h2-3,10H,4-9H2,1H3,(H,16,18). The highest BCUT2D eigenvalue weighted by atomic mass is 35.5. The second-order valence-electron chi connectivity index (χ2n) is 4.59. The first kappa shape index (κ1) is 14.9. The van der Waals surface area contributed by atoms with Crippen LogP contribution in [0.2, 0.25) is 5.02 Å². The number of amides is 2. The zero-order valence-corrected chi connectivity index (χ0v) is 12.3. The van der Waals surface area contributed by atoms with E-state index in [1.807, 2.05) is 19.1 Å². The van der Waals surface area contributed by atoms with Crippen LogP contribution in [0.4, 0.5) is 4.79 Å². The van der Waals surface area contributed by atoms with Crippen LogP contribution in [0.3, 0.4) is 0 Å². The maximum Gasteiger partial charge on any atom is 0.317 e. The van der Waals surface area contributed by atoms with Gasteiger partial charge < -0.3 is 19.7 Å². The van der Waals surface area contributed by atoms with E-state index in [4.69, 9.17) is 21.1 Å². The van der Waals surface area contributed by atoms with Crippen molar-refractivity contribution in [3.8, 4) is 5.75 Å². The summed E-state index contributed by atoms with van der Waals surface area (Å²) in [5.41, 5.74) is 0.974.